The van der Waals surface area contributed by atoms with E-state index in [4.69, 9.17) is 12.7 Å². The van der Waals surface area contributed by atoms with Gasteiger partial charge in [0.25, 0.3) is 0 Å². The molecule has 290 valence electrons. The van der Waals surface area contributed by atoms with Crippen molar-refractivity contribution in [2.75, 3.05) is 0 Å². The number of hydrogen-bond acceptors (Lipinski definition) is 3. The van der Waals surface area contributed by atoms with Crippen LogP contribution in [0.5, 0.6) is 5.75 Å². The van der Waals surface area contributed by atoms with Gasteiger partial charge in [0.05, 0.1) is 28.0 Å². The van der Waals surface area contributed by atoms with Gasteiger partial charge in [-0.05, 0) is 136 Å². The Kier molecular flexibility index (Phi) is 9.49. The van der Waals surface area contributed by atoms with Gasteiger partial charge in [-0.3, -0.25) is 9.55 Å². The van der Waals surface area contributed by atoms with Gasteiger partial charge in [-0.2, -0.15) is 0 Å². The van der Waals surface area contributed by atoms with Gasteiger partial charge in [0.2, 0.25) is 0 Å². The SMILES string of the molecule is [2H]C(C)(C)c1cc(-c2ccc(-n3c(-c4ccccc4O)nc4c(-c5cc(-c6cc(-c7ccc(C)cc7)ccn6)cc(C(C)(C)C)c5)cccc43)c(C)c2)cc(C([2H])(C)C)c1. The predicted molar refractivity (Wildman–Crippen MR) is 244 cm³/mol. The molecule has 0 aliphatic carbocycles. The smallest absolute Gasteiger partial charge is 0.149 e. The van der Waals surface area contributed by atoms with Gasteiger partial charge in [0.1, 0.15) is 11.6 Å². The normalized spacial score (nSPS) is 12.8. The van der Waals surface area contributed by atoms with Crippen LogP contribution in [0.2, 0.25) is 0 Å². The van der Waals surface area contributed by atoms with E-state index in [1.807, 2.05) is 58.2 Å². The van der Waals surface area contributed by atoms with E-state index in [2.05, 4.69) is 142 Å². The minimum absolute atomic E-state index is 0.139. The molecule has 0 spiro atoms. The predicted octanol–water partition coefficient (Wildman–Crippen LogP) is 14.6. The summed E-state index contributed by atoms with van der Waals surface area (Å²) in [7, 11) is 0. The molecule has 2 aromatic heterocycles. The highest BCUT2D eigenvalue weighted by Crippen LogP contribution is 2.41. The molecule has 1 N–H and O–H groups in total. The molecule has 2 heterocycles. The van der Waals surface area contributed by atoms with Crippen molar-refractivity contribution in [3.05, 3.63) is 167 Å². The molecule has 4 nitrogen and oxygen atoms in total. The Hall–Kier alpha value is -6.26. The Bertz CT molecular complexity index is 2870. The van der Waals surface area contributed by atoms with Gasteiger partial charge in [-0.15, -0.1) is 0 Å². The summed E-state index contributed by atoms with van der Waals surface area (Å²) >= 11 is 0. The molecule has 8 rings (SSSR count). The fourth-order valence-electron chi connectivity index (χ4n) is 7.75. The van der Waals surface area contributed by atoms with Crippen LogP contribution in [-0.2, 0) is 5.41 Å². The zero-order valence-corrected chi connectivity index (χ0v) is 35.1. The standard InChI is InChI=1S/C54H53N3O/c1-33(2)40-26-41(34(3)4)28-42(27-40)38-21-22-49(36(6)25-38)57-50-15-12-14-46(52(50)56-53(57)47-13-10-11-16-51(47)58)43-29-44(31-45(30-43)54(7,8)9)48-32-39(23-24-55-48)37-19-17-35(5)18-20-37/h10-34,58H,1-9H3/i33D,34D. The summed E-state index contributed by atoms with van der Waals surface area (Å²) in [5, 5.41) is 11.3. The molecule has 0 saturated heterocycles. The summed E-state index contributed by atoms with van der Waals surface area (Å²) in [6.07, 6.45) is 1.89. The third-order valence-corrected chi connectivity index (χ3v) is 11.2. The van der Waals surface area contributed by atoms with Gasteiger partial charge < -0.3 is 5.11 Å². The highest BCUT2D eigenvalue weighted by Gasteiger charge is 2.23. The van der Waals surface area contributed by atoms with E-state index in [1.165, 1.54) is 11.1 Å². The molecular weight excluding hydrogens is 707 g/mol. The number of aryl methyl sites for hydroxylation is 2. The summed E-state index contributed by atoms with van der Waals surface area (Å²) in [5.41, 5.74) is 16.6. The second-order valence-corrected chi connectivity index (χ2v) is 17.1. The molecule has 0 aliphatic heterocycles. The summed E-state index contributed by atoms with van der Waals surface area (Å²) in [5.74, 6) is -0.843. The van der Waals surface area contributed by atoms with Gasteiger partial charge in [0, 0.05) is 20.1 Å². The van der Waals surface area contributed by atoms with Gasteiger partial charge in [0.15, 0.2) is 0 Å². The van der Waals surface area contributed by atoms with Gasteiger partial charge >= 0.3 is 0 Å². The van der Waals surface area contributed by atoms with Crippen LogP contribution in [0.3, 0.4) is 0 Å². The van der Waals surface area contributed by atoms with E-state index in [0.717, 1.165) is 78.0 Å². The van der Waals surface area contributed by atoms with E-state index < -0.39 is 11.8 Å². The summed E-state index contributed by atoms with van der Waals surface area (Å²) < 4.78 is 19.8. The number of aromatic nitrogens is 3. The van der Waals surface area contributed by atoms with E-state index in [1.54, 1.807) is 6.07 Å². The molecule has 0 radical (unpaired) electrons. The second-order valence-electron chi connectivity index (χ2n) is 17.1. The summed E-state index contributed by atoms with van der Waals surface area (Å²) in [6.45, 7) is 18.5. The number of fused-ring (bicyclic) bond motifs is 1. The average molecular weight is 762 g/mol. The molecule has 0 bridgehead atoms. The lowest BCUT2D eigenvalue weighted by atomic mass is 9.83. The van der Waals surface area contributed by atoms with Crippen LogP contribution in [0.15, 0.2) is 140 Å². The largest absolute Gasteiger partial charge is 0.507 e. The molecule has 0 atom stereocenters. The van der Waals surface area contributed by atoms with Crippen LogP contribution < -0.4 is 0 Å². The van der Waals surface area contributed by atoms with Crippen LogP contribution in [-0.4, -0.2) is 19.6 Å². The topological polar surface area (TPSA) is 50.9 Å². The minimum atomic E-state index is -0.819. The van der Waals surface area contributed by atoms with E-state index in [-0.39, 0.29) is 11.2 Å². The second kappa shape index (κ2) is 15.2. The van der Waals surface area contributed by atoms with E-state index in [9.17, 15) is 5.11 Å². The molecule has 0 aliphatic rings. The Balaban J connectivity index is 1.32. The summed E-state index contributed by atoms with van der Waals surface area (Å²) in [4.78, 5) is 10.3. The minimum Gasteiger partial charge on any atom is -0.507 e. The first-order chi connectivity index (χ1) is 28.3. The molecule has 0 unspecified atom stereocenters. The quantitative estimate of drug-likeness (QED) is 0.168. The van der Waals surface area contributed by atoms with Crippen LogP contribution in [0, 0.1) is 13.8 Å². The maximum Gasteiger partial charge on any atom is 0.149 e. The lowest BCUT2D eigenvalue weighted by Gasteiger charge is -2.22. The van der Waals surface area contributed by atoms with Crippen molar-refractivity contribution in [2.24, 2.45) is 0 Å². The molecule has 0 saturated carbocycles. The molecular formula is C54H53N3O. The Morgan fingerprint density at radius 3 is 1.93 bits per heavy atom. The number of imidazole rings is 1. The number of benzene rings is 6. The molecule has 6 aromatic carbocycles. The van der Waals surface area contributed by atoms with E-state index in [0.29, 0.717) is 11.4 Å². The summed E-state index contributed by atoms with van der Waals surface area (Å²) in [6, 6.07) is 45.9. The Morgan fingerprint density at radius 1 is 0.603 bits per heavy atom. The van der Waals surface area contributed by atoms with Crippen LogP contribution in [0.25, 0.3) is 72.7 Å². The average Bonchev–Trinajstić information content (AvgIpc) is 3.59. The third kappa shape index (κ3) is 7.47. The first-order valence-corrected chi connectivity index (χ1v) is 20.1. The van der Waals surface area contributed by atoms with Crippen molar-refractivity contribution in [1.82, 2.24) is 14.5 Å². The van der Waals surface area contributed by atoms with Crippen molar-refractivity contribution >= 4 is 11.0 Å². The van der Waals surface area contributed by atoms with Gasteiger partial charge in [-0.1, -0.05) is 133 Å². The fourth-order valence-corrected chi connectivity index (χ4v) is 7.75. The number of aromatic hydroxyl groups is 1. The first-order valence-electron chi connectivity index (χ1n) is 21.1. The number of pyridine rings is 1. The van der Waals surface area contributed by atoms with Crippen molar-refractivity contribution in [3.63, 3.8) is 0 Å². The number of nitrogens with zero attached hydrogens (tertiary/aromatic N) is 3. The number of para-hydroxylation sites is 2. The zero-order chi connectivity index (χ0) is 42.7. The molecule has 0 fully saturated rings. The van der Waals surface area contributed by atoms with Crippen LogP contribution in [0.4, 0.5) is 0 Å². The fraction of sp³-hybridized carbons (Fsp3) is 0.222. The number of phenols is 1. The molecule has 4 heteroatoms. The highest BCUT2D eigenvalue weighted by atomic mass is 16.3. The van der Waals surface area contributed by atoms with Crippen molar-refractivity contribution in [1.29, 1.82) is 0 Å². The van der Waals surface area contributed by atoms with Crippen molar-refractivity contribution in [2.45, 2.75) is 79.5 Å². The lowest BCUT2D eigenvalue weighted by molar-refractivity contribution is 0.477. The lowest BCUT2D eigenvalue weighted by Crippen LogP contribution is -2.11. The van der Waals surface area contributed by atoms with Crippen molar-refractivity contribution in [3.8, 4) is 67.5 Å². The van der Waals surface area contributed by atoms with Crippen molar-refractivity contribution < 1.29 is 7.85 Å². The molecule has 58 heavy (non-hydrogen) atoms. The van der Waals surface area contributed by atoms with Crippen LogP contribution in [0.1, 0.15) is 90.8 Å². The third-order valence-electron chi connectivity index (χ3n) is 11.2. The Labute approximate surface area is 346 Å². The maximum absolute atomic E-state index is 11.3. The first kappa shape index (κ1) is 36.1. The number of hydrogen-bond donors (Lipinski definition) is 1. The number of phenolic OH excluding ortho intramolecular Hbond substituents is 1. The number of rotatable bonds is 8. The van der Waals surface area contributed by atoms with E-state index >= 15 is 0 Å². The van der Waals surface area contributed by atoms with Gasteiger partial charge in [-0.25, -0.2) is 4.98 Å². The monoisotopic (exact) mass is 761 g/mol. The highest BCUT2D eigenvalue weighted by molar-refractivity contribution is 5.97. The molecule has 0 amide bonds. The zero-order valence-electron chi connectivity index (χ0n) is 37.1. The van der Waals surface area contributed by atoms with Crippen LogP contribution >= 0.6 is 0 Å². The molecule has 8 aromatic rings. The Morgan fingerprint density at radius 2 is 1.26 bits per heavy atom. The maximum atomic E-state index is 11.3.